The topological polar surface area (TPSA) is 79.5 Å². The molecule has 0 atom stereocenters. The molecule has 2 aromatic rings. The number of carbonyl (C=O) groups excluding carboxylic acids is 1. The van der Waals surface area contributed by atoms with E-state index in [0.29, 0.717) is 25.1 Å². The van der Waals surface area contributed by atoms with E-state index in [2.05, 4.69) is 11.4 Å². The van der Waals surface area contributed by atoms with Gasteiger partial charge in [-0.3, -0.25) is 4.79 Å². The smallest absolute Gasteiger partial charge is 0.339 e. The highest BCUT2D eigenvalue weighted by Crippen LogP contribution is 2.16. The number of carboxylic acids is 1. The van der Waals surface area contributed by atoms with Crippen molar-refractivity contribution in [2.45, 2.75) is 26.7 Å². The van der Waals surface area contributed by atoms with Gasteiger partial charge in [0.15, 0.2) is 5.76 Å². The van der Waals surface area contributed by atoms with Crippen molar-refractivity contribution in [2.75, 3.05) is 6.54 Å². The third kappa shape index (κ3) is 3.75. The van der Waals surface area contributed by atoms with Gasteiger partial charge >= 0.3 is 5.97 Å². The summed E-state index contributed by atoms with van der Waals surface area (Å²) in [6, 6.07) is 9.35. The molecule has 0 unspecified atom stereocenters. The van der Waals surface area contributed by atoms with Crippen molar-refractivity contribution in [1.29, 1.82) is 0 Å². The molecule has 1 aromatic heterocycles. The molecule has 0 saturated carbocycles. The van der Waals surface area contributed by atoms with Gasteiger partial charge in [0.2, 0.25) is 0 Å². The minimum Gasteiger partial charge on any atom is -0.478 e. The van der Waals surface area contributed by atoms with Crippen molar-refractivity contribution in [3.63, 3.8) is 0 Å². The average Bonchev–Trinajstić information content (AvgIpc) is 2.92. The summed E-state index contributed by atoms with van der Waals surface area (Å²) in [4.78, 5) is 23.1. The molecule has 0 spiro atoms. The number of nitrogens with one attached hydrogen (secondary N) is 1. The summed E-state index contributed by atoms with van der Waals surface area (Å²) in [5.74, 6) is -1.12. The van der Waals surface area contributed by atoms with Gasteiger partial charge in [-0.15, -0.1) is 0 Å². The summed E-state index contributed by atoms with van der Waals surface area (Å²) < 4.78 is 5.32. The first-order chi connectivity index (χ1) is 10.5. The minimum atomic E-state index is -1.08. The molecular formula is C17H19NO4. The lowest BCUT2D eigenvalue weighted by Crippen LogP contribution is -2.25. The Morgan fingerprint density at radius 2 is 2.05 bits per heavy atom. The van der Waals surface area contributed by atoms with Crippen LogP contribution in [-0.2, 0) is 12.8 Å². The number of aromatic carboxylic acids is 1. The van der Waals surface area contributed by atoms with Gasteiger partial charge in [-0.2, -0.15) is 0 Å². The van der Waals surface area contributed by atoms with Crippen molar-refractivity contribution < 1.29 is 19.1 Å². The fraction of sp³-hybridized carbons (Fsp3) is 0.294. The van der Waals surface area contributed by atoms with E-state index in [0.717, 1.165) is 5.56 Å². The molecule has 1 amide bonds. The van der Waals surface area contributed by atoms with Crippen molar-refractivity contribution in [3.05, 3.63) is 58.5 Å². The van der Waals surface area contributed by atoms with Gasteiger partial charge in [-0.1, -0.05) is 36.8 Å². The molecule has 0 saturated heterocycles. The molecule has 0 aliphatic rings. The maximum atomic E-state index is 12.0. The molecule has 0 fully saturated rings. The highest BCUT2D eigenvalue weighted by molar-refractivity contribution is 5.96. The zero-order valence-electron chi connectivity index (χ0n) is 12.7. The lowest BCUT2D eigenvalue weighted by molar-refractivity contribution is 0.0694. The van der Waals surface area contributed by atoms with E-state index in [1.54, 1.807) is 6.92 Å². The maximum Gasteiger partial charge on any atom is 0.339 e. The number of aryl methyl sites for hydroxylation is 2. The number of rotatable bonds is 6. The van der Waals surface area contributed by atoms with Crippen molar-refractivity contribution in [2.24, 2.45) is 0 Å². The zero-order valence-corrected chi connectivity index (χ0v) is 12.7. The highest BCUT2D eigenvalue weighted by atomic mass is 16.4. The molecule has 0 aliphatic carbocycles. The predicted molar refractivity (Wildman–Crippen MR) is 82.3 cm³/mol. The van der Waals surface area contributed by atoms with E-state index < -0.39 is 11.9 Å². The van der Waals surface area contributed by atoms with Crippen molar-refractivity contribution in [3.8, 4) is 0 Å². The number of amides is 1. The summed E-state index contributed by atoms with van der Waals surface area (Å²) in [6.45, 7) is 4.27. The van der Waals surface area contributed by atoms with Gasteiger partial charge in [0, 0.05) is 19.0 Å². The SMILES string of the molecule is CCc1oc(C(=O)NCCc2cccc(C)c2)cc1C(=O)O. The average molecular weight is 301 g/mol. The van der Waals surface area contributed by atoms with E-state index in [-0.39, 0.29) is 11.3 Å². The maximum absolute atomic E-state index is 12.0. The largest absolute Gasteiger partial charge is 0.478 e. The predicted octanol–water partition coefficient (Wildman–Crippen LogP) is 2.82. The van der Waals surface area contributed by atoms with Crippen LogP contribution < -0.4 is 5.32 Å². The summed E-state index contributed by atoms with van der Waals surface area (Å²) in [7, 11) is 0. The molecule has 0 bridgehead atoms. The summed E-state index contributed by atoms with van der Waals surface area (Å²) >= 11 is 0. The van der Waals surface area contributed by atoms with Crippen molar-refractivity contribution in [1.82, 2.24) is 5.32 Å². The number of hydrogen-bond donors (Lipinski definition) is 2. The van der Waals surface area contributed by atoms with Crippen LogP contribution in [0.2, 0.25) is 0 Å². The van der Waals surface area contributed by atoms with Crippen LogP contribution in [0.25, 0.3) is 0 Å². The molecule has 22 heavy (non-hydrogen) atoms. The normalized spacial score (nSPS) is 10.5. The molecular weight excluding hydrogens is 282 g/mol. The number of furan rings is 1. The Kier molecular flexibility index (Phi) is 4.99. The number of carboxylic acid groups (broad SMARTS) is 1. The van der Waals surface area contributed by atoms with Gasteiger partial charge in [-0.25, -0.2) is 4.79 Å². The van der Waals surface area contributed by atoms with Crippen LogP contribution in [-0.4, -0.2) is 23.5 Å². The van der Waals surface area contributed by atoms with E-state index in [1.807, 2.05) is 25.1 Å². The van der Waals surface area contributed by atoms with Crippen LogP contribution in [0.5, 0.6) is 0 Å². The molecule has 2 N–H and O–H groups in total. The molecule has 5 nitrogen and oxygen atoms in total. The van der Waals surface area contributed by atoms with Crippen LogP contribution in [0, 0.1) is 6.92 Å². The first-order valence-electron chi connectivity index (χ1n) is 7.21. The summed E-state index contributed by atoms with van der Waals surface area (Å²) in [6.07, 6.45) is 1.14. The molecule has 5 heteroatoms. The standard InChI is InChI=1S/C17H19NO4/c1-3-14-13(17(20)21)10-15(22-14)16(19)18-8-7-12-6-4-5-11(2)9-12/h4-6,9-10H,3,7-8H2,1-2H3,(H,18,19)(H,20,21). The van der Waals surface area contributed by atoms with Gasteiger partial charge in [0.25, 0.3) is 5.91 Å². The monoisotopic (exact) mass is 301 g/mol. The molecule has 116 valence electrons. The van der Waals surface area contributed by atoms with Gasteiger partial charge in [0.05, 0.1) is 0 Å². The molecule has 1 heterocycles. The fourth-order valence-corrected chi connectivity index (χ4v) is 2.26. The number of carbonyl (C=O) groups is 2. The van der Waals surface area contributed by atoms with Crippen molar-refractivity contribution >= 4 is 11.9 Å². The van der Waals surface area contributed by atoms with E-state index in [4.69, 9.17) is 9.52 Å². The lowest BCUT2D eigenvalue weighted by Gasteiger charge is -2.04. The Balaban J connectivity index is 1.96. The van der Waals surface area contributed by atoms with Crippen LogP contribution >= 0.6 is 0 Å². The van der Waals surface area contributed by atoms with Gasteiger partial charge < -0.3 is 14.8 Å². The second-order valence-corrected chi connectivity index (χ2v) is 5.10. The quantitative estimate of drug-likeness (QED) is 0.860. The second kappa shape index (κ2) is 6.93. The molecule has 1 aromatic carbocycles. The number of hydrogen-bond acceptors (Lipinski definition) is 3. The third-order valence-electron chi connectivity index (χ3n) is 3.37. The van der Waals surface area contributed by atoms with Crippen LogP contribution in [0.1, 0.15) is 44.7 Å². The van der Waals surface area contributed by atoms with Crippen LogP contribution in [0.4, 0.5) is 0 Å². The van der Waals surface area contributed by atoms with Crippen LogP contribution in [0.3, 0.4) is 0 Å². The highest BCUT2D eigenvalue weighted by Gasteiger charge is 2.19. The molecule has 2 rings (SSSR count). The Labute approximate surface area is 129 Å². The second-order valence-electron chi connectivity index (χ2n) is 5.10. The van der Waals surface area contributed by atoms with E-state index in [1.165, 1.54) is 11.6 Å². The van der Waals surface area contributed by atoms with E-state index >= 15 is 0 Å². The zero-order chi connectivity index (χ0) is 16.1. The number of benzene rings is 1. The first-order valence-corrected chi connectivity index (χ1v) is 7.21. The Hall–Kier alpha value is -2.56. The Bertz CT molecular complexity index is 688. The Morgan fingerprint density at radius 1 is 1.27 bits per heavy atom. The van der Waals surface area contributed by atoms with Gasteiger partial charge in [0.1, 0.15) is 11.3 Å². The first kappa shape index (κ1) is 15.8. The van der Waals surface area contributed by atoms with Crippen LogP contribution in [0.15, 0.2) is 34.7 Å². The van der Waals surface area contributed by atoms with E-state index in [9.17, 15) is 9.59 Å². The molecule has 0 radical (unpaired) electrons. The van der Waals surface area contributed by atoms with Gasteiger partial charge in [-0.05, 0) is 18.9 Å². The lowest BCUT2D eigenvalue weighted by atomic mass is 10.1. The summed E-state index contributed by atoms with van der Waals surface area (Å²) in [5.41, 5.74) is 2.36. The molecule has 0 aliphatic heterocycles. The summed E-state index contributed by atoms with van der Waals surface area (Å²) in [5, 5.41) is 11.8. The third-order valence-corrected chi connectivity index (χ3v) is 3.37. The Morgan fingerprint density at radius 3 is 2.64 bits per heavy atom. The fourth-order valence-electron chi connectivity index (χ4n) is 2.26. The minimum absolute atomic E-state index is 0.0403.